The Morgan fingerprint density at radius 1 is 1.12 bits per heavy atom. The predicted molar refractivity (Wildman–Crippen MR) is 71.1 cm³/mol. The van der Waals surface area contributed by atoms with E-state index in [0.717, 1.165) is 22.8 Å². The molecule has 90 valence electrons. The van der Waals surface area contributed by atoms with Gasteiger partial charge in [0.05, 0.1) is 6.04 Å². The van der Waals surface area contributed by atoms with Crippen molar-refractivity contribution in [2.45, 2.75) is 13.0 Å². The van der Waals surface area contributed by atoms with Crippen LogP contribution in [0, 0.1) is 0 Å². The van der Waals surface area contributed by atoms with Crippen LogP contribution < -0.4 is 10.6 Å². The number of anilines is 1. The number of rotatable bonds is 3. The second-order valence-corrected chi connectivity index (χ2v) is 4.40. The average Bonchev–Trinajstić information content (AvgIpc) is 2.78. The van der Waals surface area contributed by atoms with Gasteiger partial charge in [-0.3, -0.25) is 0 Å². The Bertz CT molecular complexity index is 500. The molecule has 0 saturated carbocycles. The molecule has 2 N–H and O–H groups in total. The molecule has 1 aromatic heterocycles. The molecule has 0 aliphatic heterocycles. The summed E-state index contributed by atoms with van der Waals surface area (Å²) in [5, 5.41) is 0. The molecular formula is C14H18N2O. The average molecular weight is 230 g/mol. The van der Waals surface area contributed by atoms with E-state index >= 15 is 0 Å². The summed E-state index contributed by atoms with van der Waals surface area (Å²) in [4.78, 5) is 2.07. The van der Waals surface area contributed by atoms with Crippen molar-refractivity contribution < 1.29 is 4.42 Å². The molecule has 2 aromatic rings. The van der Waals surface area contributed by atoms with Crippen LogP contribution in [-0.4, -0.2) is 14.1 Å². The molecule has 3 nitrogen and oxygen atoms in total. The molecule has 0 saturated heterocycles. The van der Waals surface area contributed by atoms with Crippen LogP contribution in [0.2, 0.25) is 0 Å². The van der Waals surface area contributed by atoms with E-state index in [1.807, 2.05) is 45.3 Å². The molecule has 0 aliphatic rings. The highest BCUT2D eigenvalue weighted by atomic mass is 16.3. The van der Waals surface area contributed by atoms with Crippen LogP contribution in [0.3, 0.4) is 0 Å². The zero-order valence-corrected chi connectivity index (χ0v) is 10.5. The maximum Gasteiger partial charge on any atom is 0.136 e. The summed E-state index contributed by atoms with van der Waals surface area (Å²) in [6.07, 6.45) is 0. The molecule has 0 bridgehead atoms. The lowest BCUT2D eigenvalue weighted by Crippen LogP contribution is -2.09. The molecule has 1 heterocycles. The van der Waals surface area contributed by atoms with Gasteiger partial charge in [-0.25, -0.2) is 0 Å². The molecule has 1 atom stereocenters. The van der Waals surface area contributed by atoms with Gasteiger partial charge >= 0.3 is 0 Å². The molecule has 2 rings (SSSR count). The van der Waals surface area contributed by atoms with Gasteiger partial charge in [0.2, 0.25) is 0 Å². The third kappa shape index (κ3) is 2.34. The van der Waals surface area contributed by atoms with Gasteiger partial charge in [0.25, 0.3) is 0 Å². The zero-order valence-electron chi connectivity index (χ0n) is 10.5. The van der Waals surface area contributed by atoms with E-state index in [1.165, 1.54) is 0 Å². The van der Waals surface area contributed by atoms with Crippen molar-refractivity contribution in [1.29, 1.82) is 0 Å². The number of hydrogen-bond acceptors (Lipinski definition) is 3. The van der Waals surface area contributed by atoms with Crippen LogP contribution >= 0.6 is 0 Å². The minimum absolute atomic E-state index is 0.0738. The minimum Gasteiger partial charge on any atom is -0.459 e. The van der Waals surface area contributed by atoms with Gasteiger partial charge in [0.15, 0.2) is 0 Å². The lowest BCUT2D eigenvalue weighted by atomic mass is 10.1. The Balaban J connectivity index is 2.45. The summed E-state index contributed by atoms with van der Waals surface area (Å²) in [5.41, 5.74) is 8.02. The smallest absolute Gasteiger partial charge is 0.136 e. The van der Waals surface area contributed by atoms with Crippen molar-refractivity contribution in [2.75, 3.05) is 19.0 Å². The van der Waals surface area contributed by atoms with Gasteiger partial charge in [-0.2, -0.15) is 0 Å². The second kappa shape index (κ2) is 4.63. The Kier molecular flexibility index (Phi) is 3.20. The Hall–Kier alpha value is -1.74. The zero-order chi connectivity index (χ0) is 12.4. The van der Waals surface area contributed by atoms with Crippen LogP contribution in [0.15, 0.2) is 40.8 Å². The molecule has 0 fully saturated rings. The first-order valence-corrected chi connectivity index (χ1v) is 5.71. The van der Waals surface area contributed by atoms with Gasteiger partial charge in [-0.1, -0.05) is 12.1 Å². The van der Waals surface area contributed by atoms with Crippen LogP contribution in [0.1, 0.15) is 18.7 Å². The van der Waals surface area contributed by atoms with Gasteiger partial charge < -0.3 is 15.1 Å². The lowest BCUT2D eigenvalue weighted by Gasteiger charge is -2.15. The van der Waals surface area contributed by atoms with E-state index in [-0.39, 0.29) is 6.04 Å². The fraction of sp³-hybridized carbons (Fsp3) is 0.286. The molecule has 1 aromatic carbocycles. The first kappa shape index (κ1) is 11.7. The molecular weight excluding hydrogens is 212 g/mol. The first-order chi connectivity index (χ1) is 8.09. The third-order valence-corrected chi connectivity index (χ3v) is 2.73. The lowest BCUT2D eigenvalue weighted by molar-refractivity contribution is 0.491. The van der Waals surface area contributed by atoms with Crippen molar-refractivity contribution in [3.63, 3.8) is 0 Å². The molecule has 17 heavy (non-hydrogen) atoms. The largest absolute Gasteiger partial charge is 0.459 e. The van der Waals surface area contributed by atoms with E-state index in [9.17, 15) is 0 Å². The number of para-hydroxylation sites is 1. The Morgan fingerprint density at radius 3 is 2.41 bits per heavy atom. The predicted octanol–water partition coefficient (Wildman–Crippen LogP) is 3.03. The second-order valence-electron chi connectivity index (χ2n) is 4.40. The van der Waals surface area contributed by atoms with E-state index in [0.29, 0.717) is 0 Å². The number of furan rings is 1. The topological polar surface area (TPSA) is 42.4 Å². The first-order valence-electron chi connectivity index (χ1n) is 5.71. The quantitative estimate of drug-likeness (QED) is 0.881. The molecule has 0 aliphatic carbocycles. The molecule has 0 amide bonds. The SMILES string of the molecule is CC(N)c1ccc(-c2ccccc2N(C)C)o1. The normalized spacial score (nSPS) is 12.5. The number of hydrogen-bond donors (Lipinski definition) is 1. The van der Waals surface area contributed by atoms with Crippen LogP contribution in [-0.2, 0) is 0 Å². The van der Waals surface area contributed by atoms with Crippen molar-refractivity contribution in [3.8, 4) is 11.3 Å². The fourth-order valence-corrected chi connectivity index (χ4v) is 1.81. The highest BCUT2D eigenvalue weighted by molar-refractivity contribution is 5.75. The minimum atomic E-state index is -0.0738. The number of nitrogens with zero attached hydrogens (tertiary/aromatic N) is 1. The molecule has 3 heteroatoms. The van der Waals surface area contributed by atoms with E-state index < -0.39 is 0 Å². The summed E-state index contributed by atoms with van der Waals surface area (Å²) >= 11 is 0. The van der Waals surface area contributed by atoms with E-state index in [2.05, 4.69) is 17.0 Å². The molecule has 1 unspecified atom stereocenters. The van der Waals surface area contributed by atoms with Gasteiger partial charge in [-0.05, 0) is 31.2 Å². The van der Waals surface area contributed by atoms with E-state index in [4.69, 9.17) is 10.2 Å². The van der Waals surface area contributed by atoms with Crippen molar-refractivity contribution >= 4 is 5.69 Å². The summed E-state index contributed by atoms with van der Waals surface area (Å²) < 4.78 is 5.77. The fourth-order valence-electron chi connectivity index (χ4n) is 1.81. The van der Waals surface area contributed by atoms with Gasteiger partial charge in [0, 0.05) is 25.3 Å². The van der Waals surface area contributed by atoms with Gasteiger partial charge in [0.1, 0.15) is 11.5 Å². The molecule has 0 radical (unpaired) electrons. The highest BCUT2D eigenvalue weighted by Gasteiger charge is 2.11. The standard InChI is InChI=1S/C14H18N2O/c1-10(15)13-8-9-14(17-13)11-6-4-5-7-12(11)16(2)3/h4-10H,15H2,1-3H3. The van der Waals surface area contributed by atoms with Gasteiger partial charge in [-0.15, -0.1) is 0 Å². The van der Waals surface area contributed by atoms with Crippen molar-refractivity contribution in [1.82, 2.24) is 0 Å². The van der Waals surface area contributed by atoms with Crippen molar-refractivity contribution in [3.05, 3.63) is 42.2 Å². The van der Waals surface area contributed by atoms with Crippen LogP contribution in [0.4, 0.5) is 5.69 Å². The summed E-state index contributed by atoms with van der Waals surface area (Å²) in [6.45, 7) is 1.92. The monoisotopic (exact) mass is 230 g/mol. The maximum atomic E-state index is 5.80. The van der Waals surface area contributed by atoms with E-state index in [1.54, 1.807) is 0 Å². The number of benzene rings is 1. The summed E-state index contributed by atoms with van der Waals surface area (Å²) in [6, 6.07) is 12.0. The van der Waals surface area contributed by atoms with Crippen LogP contribution in [0.25, 0.3) is 11.3 Å². The number of nitrogens with two attached hydrogens (primary N) is 1. The summed E-state index contributed by atoms with van der Waals surface area (Å²) in [5.74, 6) is 1.68. The highest BCUT2D eigenvalue weighted by Crippen LogP contribution is 2.31. The molecule has 0 spiro atoms. The Labute approximate surface area is 102 Å². The van der Waals surface area contributed by atoms with Crippen LogP contribution in [0.5, 0.6) is 0 Å². The van der Waals surface area contributed by atoms with Crippen molar-refractivity contribution in [2.24, 2.45) is 5.73 Å². The third-order valence-electron chi connectivity index (χ3n) is 2.73. The maximum absolute atomic E-state index is 5.80. The summed E-state index contributed by atoms with van der Waals surface area (Å²) in [7, 11) is 4.04. The Morgan fingerprint density at radius 2 is 1.82 bits per heavy atom.